The number of hydrogen-bond acceptors (Lipinski definition) is 6. The number of phenolic OH excluding ortho intramolecular Hbond substituents is 1. The van der Waals surface area contributed by atoms with E-state index in [4.69, 9.17) is 9.97 Å². The zero-order chi connectivity index (χ0) is 20.5. The molecule has 0 atom stereocenters. The van der Waals surface area contributed by atoms with E-state index in [0.717, 1.165) is 59.2 Å². The van der Waals surface area contributed by atoms with Gasteiger partial charge < -0.3 is 10.4 Å². The molecule has 2 heterocycles. The summed E-state index contributed by atoms with van der Waals surface area (Å²) in [5.41, 5.74) is 4.56. The Morgan fingerprint density at radius 2 is 1.97 bits per heavy atom. The molecule has 0 saturated heterocycles. The van der Waals surface area contributed by atoms with E-state index in [-0.39, 0.29) is 5.75 Å². The molecule has 30 heavy (non-hydrogen) atoms. The van der Waals surface area contributed by atoms with Crippen molar-refractivity contribution in [1.82, 2.24) is 19.7 Å². The zero-order valence-electron chi connectivity index (χ0n) is 16.3. The van der Waals surface area contributed by atoms with E-state index in [2.05, 4.69) is 16.5 Å². The van der Waals surface area contributed by atoms with Gasteiger partial charge in [-0.2, -0.15) is 20.0 Å². The number of anilines is 1. The van der Waals surface area contributed by atoms with Gasteiger partial charge in [0.05, 0.1) is 29.0 Å². The second kappa shape index (κ2) is 7.48. The fourth-order valence-electron chi connectivity index (χ4n) is 3.98. The summed E-state index contributed by atoms with van der Waals surface area (Å²) in [4.78, 5) is 9.62. The highest BCUT2D eigenvalue weighted by molar-refractivity contribution is 5.85. The van der Waals surface area contributed by atoms with Gasteiger partial charge in [-0.25, -0.2) is 4.98 Å². The number of phenols is 1. The first-order valence-corrected chi connectivity index (χ1v) is 10.0. The van der Waals surface area contributed by atoms with Crippen LogP contribution in [-0.2, 0) is 19.4 Å². The first kappa shape index (κ1) is 18.1. The molecule has 2 aromatic carbocycles. The molecule has 0 unspecified atom stereocenters. The maximum atomic E-state index is 9.73. The molecule has 1 aliphatic carbocycles. The van der Waals surface area contributed by atoms with E-state index in [9.17, 15) is 10.4 Å². The third-order valence-electron chi connectivity index (χ3n) is 5.47. The van der Waals surface area contributed by atoms with Crippen LogP contribution < -0.4 is 5.32 Å². The van der Waals surface area contributed by atoms with Crippen molar-refractivity contribution < 1.29 is 5.11 Å². The van der Waals surface area contributed by atoms with E-state index in [1.54, 1.807) is 29.1 Å². The van der Waals surface area contributed by atoms with E-state index < -0.39 is 0 Å². The summed E-state index contributed by atoms with van der Waals surface area (Å²) in [7, 11) is 0. The van der Waals surface area contributed by atoms with Crippen LogP contribution in [0, 0.1) is 11.3 Å². The topological polar surface area (TPSA) is 99.7 Å². The molecule has 5 rings (SSSR count). The molecule has 0 aliphatic heterocycles. The van der Waals surface area contributed by atoms with E-state index in [1.165, 1.54) is 0 Å². The first-order valence-electron chi connectivity index (χ1n) is 10.0. The lowest BCUT2D eigenvalue weighted by atomic mass is 9.96. The summed E-state index contributed by atoms with van der Waals surface area (Å²) in [6.07, 6.45) is 5.77. The van der Waals surface area contributed by atoms with Gasteiger partial charge in [0.15, 0.2) is 0 Å². The monoisotopic (exact) mass is 396 g/mol. The molecule has 7 heteroatoms. The summed E-state index contributed by atoms with van der Waals surface area (Å²) >= 11 is 0. The zero-order valence-corrected chi connectivity index (χ0v) is 16.3. The molecule has 2 aromatic heterocycles. The molecular formula is C23H20N6O. The van der Waals surface area contributed by atoms with Gasteiger partial charge in [-0.05, 0) is 55.5 Å². The number of aromatic nitrogens is 4. The van der Waals surface area contributed by atoms with Gasteiger partial charge in [0.2, 0.25) is 0 Å². The lowest BCUT2D eigenvalue weighted by Gasteiger charge is -2.20. The second-order valence-corrected chi connectivity index (χ2v) is 7.43. The molecule has 7 nitrogen and oxygen atoms in total. The van der Waals surface area contributed by atoms with Crippen LogP contribution in [0.4, 0.5) is 5.82 Å². The fraction of sp³-hybridized carbons (Fsp3) is 0.217. The van der Waals surface area contributed by atoms with Crippen molar-refractivity contribution in [3.05, 3.63) is 71.0 Å². The lowest BCUT2D eigenvalue weighted by Crippen LogP contribution is -2.16. The van der Waals surface area contributed by atoms with Gasteiger partial charge in [0, 0.05) is 17.5 Å². The Balaban J connectivity index is 1.57. The van der Waals surface area contributed by atoms with Crippen molar-refractivity contribution in [2.75, 3.05) is 5.32 Å². The molecule has 0 spiro atoms. The molecule has 4 aromatic rings. The largest absolute Gasteiger partial charge is 0.508 e. The highest BCUT2D eigenvalue weighted by atomic mass is 16.3. The summed E-state index contributed by atoms with van der Waals surface area (Å²) < 4.78 is 1.70. The molecule has 0 radical (unpaired) electrons. The molecular weight excluding hydrogens is 376 g/mol. The molecule has 1 aliphatic rings. The number of rotatable bonds is 4. The molecule has 0 bridgehead atoms. The van der Waals surface area contributed by atoms with E-state index >= 15 is 0 Å². The Bertz CT molecular complexity index is 1290. The highest BCUT2D eigenvalue weighted by Crippen LogP contribution is 2.28. The minimum Gasteiger partial charge on any atom is -0.508 e. The van der Waals surface area contributed by atoms with Crippen molar-refractivity contribution in [2.24, 2.45) is 0 Å². The van der Waals surface area contributed by atoms with Crippen molar-refractivity contribution in [3.8, 4) is 17.8 Å². The predicted molar refractivity (Wildman–Crippen MR) is 113 cm³/mol. The number of nitriles is 1. The Morgan fingerprint density at radius 3 is 2.83 bits per heavy atom. The van der Waals surface area contributed by atoms with Gasteiger partial charge >= 0.3 is 0 Å². The van der Waals surface area contributed by atoms with E-state index in [0.29, 0.717) is 18.1 Å². The lowest BCUT2D eigenvalue weighted by molar-refractivity contribution is 0.474. The van der Waals surface area contributed by atoms with Crippen LogP contribution in [0.5, 0.6) is 5.75 Å². The Morgan fingerprint density at radius 1 is 1.10 bits per heavy atom. The third kappa shape index (κ3) is 3.22. The Kier molecular flexibility index (Phi) is 4.52. The Hall–Kier alpha value is -3.92. The van der Waals surface area contributed by atoms with Crippen LogP contribution in [0.25, 0.3) is 16.9 Å². The van der Waals surface area contributed by atoms with Crippen molar-refractivity contribution in [1.29, 1.82) is 5.26 Å². The van der Waals surface area contributed by atoms with Crippen molar-refractivity contribution in [3.63, 3.8) is 0 Å². The van der Waals surface area contributed by atoms with Crippen LogP contribution in [0.3, 0.4) is 0 Å². The number of aryl methyl sites for hydroxylation is 1. The van der Waals surface area contributed by atoms with Crippen molar-refractivity contribution >= 4 is 16.7 Å². The van der Waals surface area contributed by atoms with Gasteiger partial charge in [0.25, 0.3) is 5.95 Å². The summed E-state index contributed by atoms with van der Waals surface area (Å²) in [6, 6.07) is 15.0. The average Bonchev–Trinajstić information content (AvgIpc) is 3.21. The smallest absolute Gasteiger partial charge is 0.253 e. The number of aromatic hydroxyl groups is 1. The molecule has 148 valence electrons. The van der Waals surface area contributed by atoms with E-state index in [1.807, 2.05) is 24.3 Å². The quantitative estimate of drug-likeness (QED) is 0.543. The number of nitrogens with one attached hydrogen (secondary N) is 1. The van der Waals surface area contributed by atoms with Crippen molar-refractivity contribution in [2.45, 2.75) is 32.2 Å². The van der Waals surface area contributed by atoms with Gasteiger partial charge in [-0.15, -0.1) is 0 Å². The average molecular weight is 396 g/mol. The molecule has 2 N–H and O–H groups in total. The predicted octanol–water partition coefficient (Wildman–Crippen LogP) is 3.88. The first-order chi connectivity index (χ1) is 14.7. The maximum absolute atomic E-state index is 9.73. The van der Waals surface area contributed by atoms with Gasteiger partial charge in [-0.3, -0.25) is 0 Å². The molecule has 0 saturated carbocycles. The highest BCUT2D eigenvalue weighted by Gasteiger charge is 2.20. The Labute approximate surface area is 173 Å². The molecule has 0 amide bonds. The second-order valence-electron chi connectivity index (χ2n) is 7.43. The molecule has 0 fully saturated rings. The van der Waals surface area contributed by atoms with Crippen LogP contribution in [0.1, 0.15) is 35.2 Å². The number of benzene rings is 2. The van der Waals surface area contributed by atoms with Crippen LogP contribution in [0.15, 0.2) is 48.7 Å². The number of hydrogen-bond donors (Lipinski definition) is 2. The van der Waals surface area contributed by atoms with Gasteiger partial charge in [-0.1, -0.05) is 18.2 Å². The van der Waals surface area contributed by atoms with Gasteiger partial charge in [0.1, 0.15) is 11.6 Å². The maximum Gasteiger partial charge on any atom is 0.253 e. The van der Waals surface area contributed by atoms with Crippen LogP contribution in [-0.4, -0.2) is 24.9 Å². The minimum absolute atomic E-state index is 0.246. The summed E-state index contributed by atoms with van der Waals surface area (Å²) in [5, 5.41) is 27.8. The number of nitrogens with zero attached hydrogens (tertiary/aromatic N) is 5. The standard InChI is InChI=1S/C23H20N6O/c24-12-16-6-4-10-21-19(16)14-26-29(21)23-27-20-9-2-1-8-18(20)22(28-23)25-13-15-5-3-7-17(30)11-15/h3-7,10-11,14,30H,1-2,8-9,13H2,(H,25,27,28). The fourth-order valence-corrected chi connectivity index (χ4v) is 3.98. The minimum atomic E-state index is 0.246. The normalized spacial score (nSPS) is 13.0. The SMILES string of the molecule is N#Cc1cccc2c1cnn2-c1nc2c(c(NCc3cccc(O)c3)n1)CCCC2. The third-order valence-corrected chi connectivity index (χ3v) is 5.47. The summed E-state index contributed by atoms with van der Waals surface area (Å²) in [5.74, 6) is 1.55. The summed E-state index contributed by atoms with van der Waals surface area (Å²) in [6.45, 7) is 0.551. The van der Waals surface area contributed by atoms with Crippen LogP contribution >= 0.6 is 0 Å². The van der Waals surface area contributed by atoms with Crippen LogP contribution in [0.2, 0.25) is 0 Å². The number of fused-ring (bicyclic) bond motifs is 2.